The SMILES string of the molecule is COC(C)C(C)(O)c1cnnn1C. The maximum Gasteiger partial charge on any atom is 0.131 e. The van der Waals surface area contributed by atoms with E-state index in [2.05, 4.69) is 10.3 Å². The van der Waals surface area contributed by atoms with Gasteiger partial charge in [-0.3, -0.25) is 0 Å². The van der Waals surface area contributed by atoms with Crippen LogP contribution in [0.4, 0.5) is 0 Å². The number of rotatable bonds is 3. The fourth-order valence-corrected chi connectivity index (χ4v) is 1.19. The van der Waals surface area contributed by atoms with Crippen LogP contribution >= 0.6 is 0 Å². The zero-order valence-corrected chi connectivity index (χ0v) is 8.35. The molecule has 0 aliphatic carbocycles. The summed E-state index contributed by atoms with van der Waals surface area (Å²) in [7, 11) is 3.29. The van der Waals surface area contributed by atoms with E-state index in [0.29, 0.717) is 5.69 Å². The number of aryl methyl sites for hydroxylation is 1. The fraction of sp³-hybridized carbons (Fsp3) is 0.750. The first-order chi connectivity index (χ1) is 6.00. The van der Waals surface area contributed by atoms with Gasteiger partial charge in [0, 0.05) is 14.2 Å². The summed E-state index contributed by atoms with van der Waals surface area (Å²) < 4.78 is 6.61. The lowest BCUT2D eigenvalue weighted by Crippen LogP contribution is -2.37. The molecule has 1 aromatic rings. The van der Waals surface area contributed by atoms with Crippen molar-refractivity contribution in [3.63, 3.8) is 0 Å². The number of aliphatic hydroxyl groups is 1. The third-order valence-corrected chi connectivity index (χ3v) is 2.38. The van der Waals surface area contributed by atoms with Gasteiger partial charge in [0.2, 0.25) is 0 Å². The molecular weight excluding hydrogens is 170 g/mol. The molecule has 1 rings (SSSR count). The summed E-state index contributed by atoms with van der Waals surface area (Å²) in [6.45, 7) is 3.48. The fourth-order valence-electron chi connectivity index (χ4n) is 1.19. The van der Waals surface area contributed by atoms with Crippen molar-refractivity contribution in [1.29, 1.82) is 0 Å². The smallest absolute Gasteiger partial charge is 0.131 e. The molecule has 0 saturated carbocycles. The molecule has 0 radical (unpaired) electrons. The average Bonchev–Trinajstić information content (AvgIpc) is 2.50. The van der Waals surface area contributed by atoms with Gasteiger partial charge in [0.05, 0.1) is 18.0 Å². The zero-order valence-electron chi connectivity index (χ0n) is 8.35. The number of hydrogen-bond acceptors (Lipinski definition) is 4. The van der Waals surface area contributed by atoms with E-state index in [-0.39, 0.29) is 6.10 Å². The number of hydrogen-bond donors (Lipinski definition) is 1. The topological polar surface area (TPSA) is 60.2 Å². The molecule has 0 amide bonds. The first kappa shape index (κ1) is 10.1. The van der Waals surface area contributed by atoms with Crippen molar-refractivity contribution in [2.75, 3.05) is 7.11 Å². The Hall–Kier alpha value is -0.940. The number of methoxy groups -OCH3 is 1. The molecule has 0 aliphatic heterocycles. The van der Waals surface area contributed by atoms with Gasteiger partial charge < -0.3 is 9.84 Å². The second kappa shape index (κ2) is 3.43. The highest BCUT2D eigenvalue weighted by Crippen LogP contribution is 2.24. The maximum atomic E-state index is 10.1. The van der Waals surface area contributed by atoms with Gasteiger partial charge in [-0.1, -0.05) is 5.21 Å². The lowest BCUT2D eigenvalue weighted by Gasteiger charge is -2.28. The monoisotopic (exact) mass is 185 g/mol. The lowest BCUT2D eigenvalue weighted by atomic mass is 9.97. The standard InChI is InChI=1S/C8H15N3O2/c1-6(13-4)8(2,12)7-5-9-10-11(7)3/h5-6,12H,1-4H3. The third-order valence-electron chi connectivity index (χ3n) is 2.38. The normalized spacial score (nSPS) is 18.2. The van der Waals surface area contributed by atoms with E-state index in [9.17, 15) is 5.11 Å². The molecule has 1 aromatic heterocycles. The zero-order chi connectivity index (χ0) is 10.1. The second-order valence-corrected chi connectivity index (χ2v) is 3.27. The summed E-state index contributed by atoms with van der Waals surface area (Å²) in [5, 5.41) is 17.6. The van der Waals surface area contributed by atoms with Crippen molar-refractivity contribution in [1.82, 2.24) is 15.0 Å². The van der Waals surface area contributed by atoms with E-state index >= 15 is 0 Å². The molecule has 0 bridgehead atoms. The number of aromatic nitrogens is 3. The van der Waals surface area contributed by atoms with E-state index in [4.69, 9.17) is 4.74 Å². The van der Waals surface area contributed by atoms with Crippen LogP contribution in [-0.4, -0.2) is 33.3 Å². The first-order valence-corrected chi connectivity index (χ1v) is 4.10. The van der Waals surface area contributed by atoms with E-state index in [1.807, 2.05) is 0 Å². The molecular formula is C8H15N3O2. The van der Waals surface area contributed by atoms with Gasteiger partial charge in [-0.05, 0) is 13.8 Å². The highest BCUT2D eigenvalue weighted by molar-refractivity contribution is 5.08. The van der Waals surface area contributed by atoms with Crippen LogP contribution in [0.2, 0.25) is 0 Å². The molecule has 5 nitrogen and oxygen atoms in total. The Morgan fingerprint density at radius 1 is 1.69 bits per heavy atom. The van der Waals surface area contributed by atoms with Crippen LogP contribution in [0.5, 0.6) is 0 Å². The van der Waals surface area contributed by atoms with Crippen LogP contribution < -0.4 is 0 Å². The first-order valence-electron chi connectivity index (χ1n) is 4.10. The van der Waals surface area contributed by atoms with Gasteiger partial charge in [-0.15, -0.1) is 5.10 Å². The van der Waals surface area contributed by atoms with Crippen molar-refractivity contribution >= 4 is 0 Å². The van der Waals surface area contributed by atoms with Crippen molar-refractivity contribution in [2.45, 2.75) is 25.6 Å². The van der Waals surface area contributed by atoms with Gasteiger partial charge in [-0.2, -0.15) is 0 Å². The predicted molar refractivity (Wildman–Crippen MR) is 47.0 cm³/mol. The molecule has 0 aromatic carbocycles. The maximum absolute atomic E-state index is 10.1. The largest absolute Gasteiger partial charge is 0.381 e. The summed E-state index contributed by atoms with van der Waals surface area (Å²) in [4.78, 5) is 0. The van der Waals surface area contributed by atoms with Crippen molar-refractivity contribution in [2.24, 2.45) is 7.05 Å². The van der Waals surface area contributed by atoms with Gasteiger partial charge in [0.25, 0.3) is 0 Å². The van der Waals surface area contributed by atoms with Gasteiger partial charge in [0.15, 0.2) is 0 Å². The molecule has 5 heteroatoms. The molecule has 1 N–H and O–H groups in total. The number of nitrogens with zero attached hydrogens (tertiary/aromatic N) is 3. The molecule has 2 unspecified atom stereocenters. The minimum Gasteiger partial charge on any atom is -0.381 e. The summed E-state index contributed by atoms with van der Waals surface area (Å²) in [5.41, 5.74) is -0.422. The van der Waals surface area contributed by atoms with Crippen molar-refractivity contribution in [3.05, 3.63) is 11.9 Å². The van der Waals surface area contributed by atoms with E-state index < -0.39 is 5.60 Å². The Balaban J connectivity index is 2.99. The Morgan fingerprint density at radius 2 is 2.31 bits per heavy atom. The average molecular weight is 185 g/mol. The Morgan fingerprint density at radius 3 is 2.69 bits per heavy atom. The lowest BCUT2D eigenvalue weighted by molar-refractivity contribution is -0.0818. The van der Waals surface area contributed by atoms with Crippen molar-refractivity contribution in [3.8, 4) is 0 Å². The predicted octanol–water partition coefficient (Wildman–Crippen LogP) is 0.0575. The van der Waals surface area contributed by atoms with Crippen LogP contribution in [0.3, 0.4) is 0 Å². The Kier molecular flexibility index (Phi) is 2.68. The molecule has 2 atom stereocenters. The van der Waals surface area contributed by atoms with Gasteiger partial charge in [0.1, 0.15) is 5.60 Å². The van der Waals surface area contributed by atoms with Crippen LogP contribution in [0.15, 0.2) is 6.20 Å². The van der Waals surface area contributed by atoms with Gasteiger partial charge >= 0.3 is 0 Å². The van der Waals surface area contributed by atoms with E-state index in [1.54, 1.807) is 28.0 Å². The van der Waals surface area contributed by atoms with Crippen LogP contribution in [0.25, 0.3) is 0 Å². The molecule has 0 aliphatic rings. The summed E-state index contributed by atoms with van der Waals surface area (Å²) in [6, 6.07) is 0. The van der Waals surface area contributed by atoms with Gasteiger partial charge in [-0.25, -0.2) is 4.68 Å². The minimum absolute atomic E-state index is 0.301. The highest BCUT2D eigenvalue weighted by Gasteiger charge is 2.33. The van der Waals surface area contributed by atoms with Crippen molar-refractivity contribution < 1.29 is 9.84 Å². The molecule has 0 saturated heterocycles. The Labute approximate surface area is 77.3 Å². The molecule has 0 spiro atoms. The van der Waals surface area contributed by atoms with Crippen LogP contribution in [0, 0.1) is 0 Å². The summed E-state index contributed by atoms with van der Waals surface area (Å²) in [6.07, 6.45) is 1.24. The third kappa shape index (κ3) is 1.71. The van der Waals surface area contributed by atoms with Crippen LogP contribution in [-0.2, 0) is 17.4 Å². The minimum atomic E-state index is -1.06. The number of ether oxygens (including phenoxy) is 1. The summed E-state index contributed by atoms with van der Waals surface area (Å²) >= 11 is 0. The van der Waals surface area contributed by atoms with E-state index in [1.165, 1.54) is 10.9 Å². The quantitative estimate of drug-likeness (QED) is 0.723. The molecule has 13 heavy (non-hydrogen) atoms. The Bertz CT molecular complexity index is 283. The molecule has 74 valence electrons. The van der Waals surface area contributed by atoms with E-state index in [0.717, 1.165) is 0 Å². The second-order valence-electron chi connectivity index (χ2n) is 3.27. The molecule has 1 heterocycles. The molecule has 0 fully saturated rings. The summed E-state index contributed by atoms with van der Waals surface area (Å²) in [5.74, 6) is 0. The van der Waals surface area contributed by atoms with Crippen LogP contribution in [0.1, 0.15) is 19.5 Å². The highest BCUT2D eigenvalue weighted by atomic mass is 16.5.